The zero-order chi connectivity index (χ0) is 13.1. The van der Waals surface area contributed by atoms with E-state index >= 15 is 0 Å². The molecular weight excluding hydrogens is 222 g/mol. The van der Waals surface area contributed by atoms with Crippen LogP contribution in [0.4, 0.5) is 0 Å². The summed E-state index contributed by atoms with van der Waals surface area (Å²) < 4.78 is 0. The van der Waals surface area contributed by atoms with Crippen LogP contribution in [0.1, 0.15) is 33.6 Å². The van der Waals surface area contributed by atoms with Crippen molar-refractivity contribution in [1.29, 1.82) is 0 Å². The van der Waals surface area contributed by atoms with Gasteiger partial charge in [-0.05, 0) is 51.4 Å². The fourth-order valence-electron chi connectivity index (χ4n) is 3.61. The molecule has 3 atom stereocenters. The van der Waals surface area contributed by atoms with Gasteiger partial charge in [-0.3, -0.25) is 4.90 Å². The molecule has 0 aromatic heterocycles. The van der Waals surface area contributed by atoms with E-state index in [4.69, 9.17) is 0 Å². The van der Waals surface area contributed by atoms with Crippen LogP contribution >= 0.6 is 0 Å². The average Bonchev–Trinajstić information content (AvgIpc) is 2.54. The topological polar surface area (TPSA) is 18.5 Å². The Hall–Kier alpha value is -0.120. The van der Waals surface area contributed by atoms with Crippen molar-refractivity contribution in [2.24, 2.45) is 11.8 Å². The first-order chi connectivity index (χ1) is 8.58. The zero-order valence-corrected chi connectivity index (χ0v) is 12.7. The van der Waals surface area contributed by atoms with Crippen LogP contribution in [-0.4, -0.2) is 61.7 Å². The third-order valence-electron chi connectivity index (χ3n) is 4.80. The number of nitrogens with zero attached hydrogens (tertiary/aromatic N) is 2. The summed E-state index contributed by atoms with van der Waals surface area (Å²) in [7, 11) is 2.26. The molecule has 2 saturated heterocycles. The molecule has 0 spiro atoms. The van der Waals surface area contributed by atoms with Crippen molar-refractivity contribution in [2.45, 2.75) is 45.7 Å². The van der Waals surface area contributed by atoms with Gasteiger partial charge in [-0.1, -0.05) is 20.8 Å². The molecule has 0 bridgehead atoms. The lowest BCUT2D eigenvalue weighted by molar-refractivity contribution is 0.0706. The largest absolute Gasteiger partial charge is 0.312 e. The predicted octanol–water partition coefficient (Wildman–Crippen LogP) is 1.65. The van der Waals surface area contributed by atoms with Gasteiger partial charge in [-0.2, -0.15) is 0 Å². The maximum Gasteiger partial charge on any atom is 0.0218 e. The van der Waals surface area contributed by atoms with Gasteiger partial charge in [0.15, 0.2) is 0 Å². The number of rotatable bonds is 2. The van der Waals surface area contributed by atoms with Gasteiger partial charge >= 0.3 is 0 Å². The van der Waals surface area contributed by atoms with Gasteiger partial charge in [0.25, 0.3) is 0 Å². The molecule has 0 aromatic carbocycles. The minimum Gasteiger partial charge on any atom is -0.312 e. The maximum atomic E-state index is 3.72. The molecule has 0 amide bonds. The SMILES string of the molecule is CC(C)C1CN(C2CCN(C)CC2C)CCCN1. The first-order valence-corrected chi connectivity index (χ1v) is 7.74. The Morgan fingerprint density at radius 2 is 1.94 bits per heavy atom. The zero-order valence-electron chi connectivity index (χ0n) is 12.7. The van der Waals surface area contributed by atoms with Gasteiger partial charge in [0.2, 0.25) is 0 Å². The van der Waals surface area contributed by atoms with Crippen LogP contribution in [0.3, 0.4) is 0 Å². The van der Waals surface area contributed by atoms with Crippen LogP contribution in [0.15, 0.2) is 0 Å². The van der Waals surface area contributed by atoms with E-state index in [0.717, 1.165) is 17.9 Å². The fourth-order valence-corrected chi connectivity index (χ4v) is 3.61. The molecule has 106 valence electrons. The summed E-state index contributed by atoms with van der Waals surface area (Å²) >= 11 is 0. The van der Waals surface area contributed by atoms with Crippen molar-refractivity contribution in [1.82, 2.24) is 15.1 Å². The van der Waals surface area contributed by atoms with E-state index in [9.17, 15) is 0 Å². The molecule has 3 heteroatoms. The second-order valence-corrected chi connectivity index (χ2v) is 6.75. The highest BCUT2D eigenvalue weighted by molar-refractivity contribution is 4.88. The van der Waals surface area contributed by atoms with Crippen LogP contribution in [0.2, 0.25) is 0 Å². The van der Waals surface area contributed by atoms with Gasteiger partial charge < -0.3 is 10.2 Å². The minimum atomic E-state index is 0.680. The Morgan fingerprint density at radius 3 is 2.61 bits per heavy atom. The minimum absolute atomic E-state index is 0.680. The monoisotopic (exact) mass is 253 g/mol. The second kappa shape index (κ2) is 6.36. The Morgan fingerprint density at radius 1 is 1.17 bits per heavy atom. The molecule has 0 aliphatic carbocycles. The van der Waals surface area contributed by atoms with Crippen molar-refractivity contribution in [2.75, 3.05) is 39.8 Å². The molecule has 2 fully saturated rings. The van der Waals surface area contributed by atoms with Crippen molar-refractivity contribution >= 4 is 0 Å². The van der Waals surface area contributed by atoms with Crippen molar-refractivity contribution < 1.29 is 0 Å². The van der Waals surface area contributed by atoms with E-state index in [1.807, 2.05) is 0 Å². The van der Waals surface area contributed by atoms with E-state index < -0.39 is 0 Å². The molecule has 2 heterocycles. The summed E-state index contributed by atoms with van der Waals surface area (Å²) in [5.74, 6) is 1.56. The molecule has 0 saturated carbocycles. The third-order valence-corrected chi connectivity index (χ3v) is 4.80. The first kappa shape index (κ1) is 14.3. The molecule has 2 aliphatic rings. The lowest BCUT2D eigenvalue weighted by Gasteiger charge is -2.42. The Labute approximate surface area is 113 Å². The van der Waals surface area contributed by atoms with Crippen LogP contribution in [0.5, 0.6) is 0 Å². The number of hydrogen-bond donors (Lipinski definition) is 1. The Balaban J connectivity index is 1.97. The lowest BCUT2D eigenvalue weighted by atomic mass is 9.91. The summed E-state index contributed by atoms with van der Waals surface area (Å²) in [6.07, 6.45) is 2.66. The van der Waals surface area contributed by atoms with E-state index in [-0.39, 0.29) is 0 Å². The third kappa shape index (κ3) is 3.46. The number of likely N-dealkylation sites (tertiary alicyclic amines) is 1. The first-order valence-electron chi connectivity index (χ1n) is 7.74. The summed E-state index contributed by atoms with van der Waals surface area (Å²) in [5.41, 5.74) is 0. The van der Waals surface area contributed by atoms with Gasteiger partial charge in [-0.25, -0.2) is 0 Å². The molecule has 0 radical (unpaired) electrons. The molecular formula is C15H31N3. The fraction of sp³-hybridized carbons (Fsp3) is 1.00. The van der Waals surface area contributed by atoms with E-state index in [1.54, 1.807) is 0 Å². The van der Waals surface area contributed by atoms with Gasteiger partial charge in [0, 0.05) is 25.2 Å². The van der Waals surface area contributed by atoms with Gasteiger partial charge in [-0.15, -0.1) is 0 Å². The van der Waals surface area contributed by atoms with Crippen molar-refractivity contribution in [3.63, 3.8) is 0 Å². The lowest BCUT2D eigenvalue weighted by Crippen LogP contribution is -2.52. The molecule has 2 rings (SSSR count). The van der Waals surface area contributed by atoms with E-state index in [1.165, 1.54) is 45.6 Å². The highest BCUT2D eigenvalue weighted by Gasteiger charge is 2.31. The molecule has 0 aromatic rings. The number of piperidine rings is 1. The molecule has 2 aliphatic heterocycles. The van der Waals surface area contributed by atoms with Gasteiger partial charge in [0.1, 0.15) is 0 Å². The molecule has 3 nitrogen and oxygen atoms in total. The smallest absolute Gasteiger partial charge is 0.0218 e. The summed E-state index contributed by atoms with van der Waals surface area (Å²) in [4.78, 5) is 5.26. The summed E-state index contributed by atoms with van der Waals surface area (Å²) in [6.45, 7) is 13.4. The maximum absolute atomic E-state index is 3.72. The predicted molar refractivity (Wildman–Crippen MR) is 77.9 cm³/mol. The highest BCUT2D eigenvalue weighted by atomic mass is 15.2. The summed E-state index contributed by atoms with van der Waals surface area (Å²) in [5, 5.41) is 3.72. The van der Waals surface area contributed by atoms with E-state index in [2.05, 4.69) is 42.9 Å². The number of nitrogens with one attached hydrogen (secondary N) is 1. The standard InChI is InChI=1S/C15H31N3/c1-12(2)14-11-18(8-5-7-16-14)15-6-9-17(4)10-13(15)3/h12-16H,5-11H2,1-4H3. The average molecular weight is 253 g/mol. The molecule has 1 N–H and O–H groups in total. The summed E-state index contributed by atoms with van der Waals surface area (Å²) in [6, 6.07) is 1.49. The van der Waals surface area contributed by atoms with Crippen LogP contribution in [0.25, 0.3) is 0 Å². The van der Waals surface area contributed by atoms with Crippen LogP contribution < -0.4 is 5.32 Å². The second-order valence-electron chi connectivity index (χ2n) is 6.75. The normalized spacial score (nSPS) is 36.8. The number of hydrogen-bond acceptors (Lipinski definition) is 3. The van der Waals surface area contributed by atoms with Crippen molar-refractivity contribution in [3.05, 3.63) is 0 Å². The Kier molecular flexibility index (Phi) is 5.05. The van der Waals surface area contributed by atoms with Crippen molar-refractivity contribution in [3.8, 4) is 0 Å². The molecule has 3 unspecified atom stereocenters. The molecule has 18 heavy (non-hydrogen) atoms. The quantitative estimate of drug-likeness (QED) is 0.807. The van der Waals surface area contributed by atoms with E-state index in [0.29, 0.717) is 6.04 Å². The van der Waals surface area contributed by atoms with Crippen LogP contribution in [-0.2, 0) is 0 Å². The van der Waals surface area contributed by atoms with Gasteiger partial charge in [0.05, 0.1) is 0 Å². The highest BCUT2D eigenvalue weighted by Crippen LogP contribution is 2.23. The Bertz CT molecular complexity index is 254. The van der Waals surface area contributed by atoms with Crippen LogP contribution in [0, 0.1) is 11.8 Å².